The highest BCUT2D eigenvalue weighted by Gasteiger charge is 2.10. The van der Waals surface area contributed by atoms with Crippen molar-refractivity contribution in [2.45, 2.75) is 6.42 Å². The van der Waals surface area contributed by atoms with E-state index in [2.05, 4.69) is 22.8 Å². The first-order valence-electron chi connectivity index (χ1n) is 7.83. The van der Waals surface area contributed by atoms with Crippen molar-refractivity contribution in [3.63, 3.8) is 0 Å². The standard InChI is InChI=1S/C19H20N2O2/c22-19(17-7-4-8-18-16(17)10-14-23-18)21-13-12-20-11-9-15-5-2-1-3-6-15/h1-8,10,14,20H,9,11-13H2,(H,21,22). The smallest absolute Gasteiger partial charge is 0.252 e. The molecule has 2 aromatic carbocycles. The van der Waals surface area contributed by atoms with Gasteiger partial charge in [0.05, 0.1) is 11.8 Å². The Morgan fingerprint density at radius 3 is 2.65 bits per heavy atom. The Kier molecular flexibility index (Phi) is 5.06. The Labute approximate surface area is 135 Å². The monoisotopic (exact) mass is 308 g/mol. The fourth-order valence-electron chi connectivity index (χ4n) is 2.55. The van der Waals surface area contributed by atoms with Gasteiger partial charge >= 0.3 is 0 Å². The summed E-state index contributed by atoms with van der Waals surface area (Å²) >= 11 is 0. The maximum Gasteiger partial charge on any atom is 0.252 e. The third kappa shape index (κ3) is 3.99. The minimum Gasteiger partial charge on any atom is -0.464 e. The molecule has 3 rings (SSSR count). The zero-order valence-corrected chi connectivity index (χ0v) is 12.9. The molecular formula is C19H20N2O2. The molecule has 118 valence electrons. The van der Waals surface area contributed by atoms with E-state index in [1.807, 2.05) is 42.5 Å². The van der Waals surface area contributed by atoms with E-state index >= 15 is 0 Å². The van der Waals surface area contributed by atoms with Crippen molar-refractivity contribution in [2.75, 3.05) is 19.6 Å². The average Bonchev–Trinajstić information content (AvgIpc) is 3.07. The van der Waals surface area contributed by atoms with E-state index in [1.165, 1.54) is 5.56 Å². The van der Waals surface area contributed by atoms with Gasteiger partial charge in [0, 0.05) is 18.5 Å². The number of carbonyl (C=O) groups excluding carboxylic acids is 1. The molecule has 2 N–H and O–H groups in total. The summed E-state index contributed by atoms with van der Waals surface area (Å²) in [6, 6.07) is 17.7. The van der Waals surface area contributed by atoms with E-state index < -0.39 is 0 Å². The van der Waals surface area contributed by atoms with Crippen LogP contribution in [-0.4, -0.2) is 25.5 Å². The van der Waals surface area contributed by atoms with Crippen LogP contribution in [0.3, 0.4) is 0 Å². The van der Waals surface area contributed by atoms with Crippen molar-refractivity contribution in [3.05, 3.63) is 72.0 Å². The van der Waals surface area contributed by atoms with Crippen molar-refractivity contribution in [1.29, 1.82) is 0 Å². The highest BCUT2D eigenvalue weighted by molar-refractivity contribution is 6.05. The van der Waals surface area contributed by atoms with Gasteiger partial charge in [-0.2, -0.15) is 0 Å². The van der Waals surface area contributed by atoms with E-state index in [0.717, 1.165) is 30.5 Å². The lowest BCUT2D eigenvalue weighted by Crippen LogP contribution is -2.32. The van der Waals surface area contributed by atoms with Gasteiger partial charge < -0.3 is 15.1 Å². The summed E-state index contributed by atoms with van der Waals surface area (Å²) in [5.74, 6) is -0.0677. The summed E-state index contributed by atoms with van der Waals surface area (Å²) in [6.45, 7) is 2.25. The summed E-state index contributed by atoms with van der Waals surface area (Å²) in [4.78, 5) is 12.2. The maximum atomic E-state index is 12.2. The molecule has 3 aromatic rings. The van der Waals surface area contributed by atoms with Crippen molar-refractivity contribution in [2.24, 2.45) is 0 Å². The second-order valence-electron chi connectivity index (χ2n) is 5.38. The molecule has 0 atom stereocenters. The van der Waals surface area contributed by atoms with E-state index in [0.29, 0.717) is 12.1 Å². The van der Waals surface area contributed by atoms with Gasteiger partial charge in [-0.25, -0.2) is 0 Å². The van der Waals surface area contributed by atoms with Gasteiger partial charge in [-0.05, 0) is 36.7 Å². The molecule has 0 aliphatic carbocycles. The van der Waals surface area contributed by atoms with E-state index in [-0.39, 0.29) is 5.91 Å². The summed E-state index contributed by atoms with van der Waals surface area (Å²) < 4.78 is 5.32. The van der Waals surface area contributed by atoms with Crippen LogP contribution in [0.25, 0.3) is 11.0 Å². The summed E-state index contributed by atoms with van der Waals surface area (Å²) in [5, 5.41) is 7.13. The normalized spacial score (nSPS) is 10.8. The van der Waals surface area contributed by atoms with Gasteiger partial charge in [0.25, 0.3) is 5.91 Å². The van der Waals surface area contributed by atoms with Gasteiger partial charge in [-0.3, -0.25) is 4.79 Å². The Balaban J connectivity index is 1.41. The van der Waals surface area contributed by atoms with Crippen LogP contribution >= 0.6 is 0 Å². The summed E-state index contributed by atoms with van der Waals surface area (Å²) in [7, 11) is 0. The molecule has 0 bridgehead atoms. The molecule has 23 heavy (non-hydrogen) atoms. The van der Waals surface area contributed by atoms with E-state index in [9.17, 15) is 4.79 Å². The molecule has 1 heterocycles. The Hall–Kier alpha value is -2.59. The third-order valence-corrected chi connectivity index (χ3v) is 3.76. The molecule has 1 aromatic heterocycles. The molecule has 0 spiro atoms. The second kappa shape index (κ2) is 7.61. The second-order valence-corrected chi connectivity index (χ2v) is 5.38. The summed E-state index contributed by atoms with van der Waals surface area (Å²) in [6.07, 6.45) is 2.59. The molecular weight excluding hydrogens is 288 g/mol. The third-order valence-electron chi connectivity index (χ3n) is 3.76. The Morgan fingerprint density at radius 1 is 0.913 bits per heavy atom. The molecule has 0 aliphatic rings. The molecule has 1 amide bonds. The lowest BCUT2D eigenvalue weighted by Gasteiger charge is -2.07. The predicted molar refractivity (Wildman–Crippen MR) is 91.6 cm³/mol. The zero-order chi connectivity index (χ0) is 15.9. The Bertz CT molecular complexity index is 765. The van der Waals surface area contributed by atoms with Gasteiger partial charge in [-0.15, -0.1) is 0 Å². The largest absolute Gasteiger partial charge is 0.464 e. The molecule has 0 saturated heterocycles. The number of hydrogen-bond acceptors (Lipinski definition) is 3. The number of fused-ring (bicyclic) bond motifs is 1. The average molecular weight is 308 g/mol. The maximum absolute atomic E-state index is 12.2. The van der Waals surface area contributed by atoms with Crippen LogP contribution in [0, 0.1) is 0 Å². The number of amides is 1. The molecule has 0 unspecified atom stereocenters. The molecule has 0 saturated carbocycles. The summed E-state index contributed by atoms with van der Waals surface area (Å²) in [5.41, 5.74) is 2.70. The SMILES string of the molecule is O=C(NCCNCCc1ccccc1)c1cccc2occc12. The van der Waals surface area contributed by atoms with Crippen LogP contribution in [-0.2, 0) is 6.42 Å². The van der Waals surface area contributed by atoms with Crippen LogP contribution in [0.1, 0.15) is 15.9 Å². The van der Waals surface area contributed by atoms with Crippen LogP contribution in [0.15, 0.2) is 65.3 Å². The van der Waals surface area contributed by atoms with Crippen molar-refractivity contribution < 1.29 is 9.21 Å². The number of nitrogens with one attached hydrogen (secondary N) is 2. The van der Waals surface area contributed by atoms with Gasteiger partial charge in [0.2, 0.25) is 0 Å². The molecule has 4 nitrogen and oxygen atoms in total. The van der Waals surface area contributed by atoms with Crippen LogP contribution < -0.4 is 10.6 Å². The first kappa shape index (κ1) is 15.3. The number of rotatable bonds is 7. The fraction of sp³-hybridized carbons (Fsp3) is 0.211. The molecule has 4 heteroatoms. The van der Waals surface area contributed by atoms with Crippen LogP contribution in [0.4, 0.5) is 0 Å². The predicted octanol–water partition coefficient (Wildman–Crippen LogP) is 2.99. The van der Waals surface area contributed by atoms with Gasteiger partial charge in [-0.1, -0.05) is 36.4 Å². The Morgan fingerprint density at radius 2 is 1.78 bits per heavy atom. The van der Waals surface area contributed by atoms with E-state index in [4.69, 9.17) is 4.42 Å². The fourth-order valence-corrected chi connectivity index (χ4v) is 2.55. The quantitative estimate of drug-likeness (QED) is 0.660. The minimum atomic E-state index is -0.0677. The number of hydrogen-bond donors (Lipinski definition) is 2. The van der Waals surface area contributed by atoms with Gasteiger partial charge in [0.1, 0.15) is 5.58 Å². The topological polar surface area (TPSA) is 54.3 Å². The number of benzene rings is 2. The van der Waals surface area contributed by atoms with E-state index in [1.54, 1.807) is 6.26 Å². The highest BCUT2D eigenvalue weighted by atomic mass is 16.3. The molecule has 0 radical (unpaired) electrons. The van der Waals surface area contributed by atoms with Crippen molar-refractivity contribution in [3.8, 4) is 0 Å². The van der Waals surface area contributed by atoms with Crippen LogP contribution in [0.2, 0.25) is 0 Å². The first-order chi connectivity index (χ1) is 11.3. The first-order valence-corrected chi connectivity index (χ1v) is 7.83. The highest BCUT2D eigenvalue weighted by Crippen LogP contribution is 2.19. The number of furan rings is 1. The van der Waals surface area contributed by atoms with Crippen molar-refractivity contribution in [1.82, 2.24) is 10.6 Å². The van der Waals surface area contributed by atoms with Crippen molar-refractivity contribution >= 4 is 16.9 Å². The van der Waals surface area contributed by atoms with Gasteiger partial charge in [0.15, 0.2) is 0 Å². The van der Waals surface area contributed by atoms with Crippen LogP contribution in [0.5, 0.6) is 0 Å². The lowest BCUT2D eigenvalue weighted by atomic mass is 10.1. The minimum absolute atomic E-state index is 0.0677. The molecule has 0 fully saturated rings. The number of carbonyl (C=O) groups is 1. The lowest BCUT2D eigenvalue weighted by molar-refractivity contribution is 0.0955. The zero-order valence-electron chi connectivity index (χ0n) is 12.9. The molecule has 0 aliphatic heterocycles.